The first-order chi connectivity index (χ1) is 29.0. The van der Waals surface area contributed by atoms with Gasteiger partial charge in [-0.1, -0.05) is 217 Å². The number of unbranched alkanes of at least 4 members (excludes halogenated alkanes) is 27. The predicted octanol–water partition coefficient (Wildman–Crippen LogP) is 15.1. The average Bonchev–Trinajstić information content (AvgIpc) is 3.23. The van der Waals surface area contributed by atoms with Crippen LogP contribution in [0.15, 0.2) is 48.6 Å². The second kappa shape index (κ2) is 46.9. The van der Waals surface area contributed by atoms with Crippen molar-refractivity contribution >= 4 is 11.9 Å². The van der Waals surface area contributed by atoms with Crippen LogP contribution in [0, 0.1) is 0 Å². The number of hydrogen-bond acceptors (Lipinski definition) is 5. The lowest BCUT2D eigenvalue weighted by Crippen LogP contribution is -2.46. The number of rotatable bonds is 45. The molecule has 0 radical (unpaired) electrons. The zero-order valence-corrected chi connectivity index (χ0v) is 39.1. The quantitative estimate of drug-likeness (QED) is 0.0246. The molecule has 0 spiro atoms. The Labute approximate surface area is 366 Å². The van der Waals surface area contributed by atoms with Gasteiger partial charge in [0.15, 0.2) is 0 Å². The zero-order chi connectivity index (χ0) is 43.1. The Balaban J connectivity index is 4.66. The second-order valence-corrected chi connectivity index (χ2v) is 17.3. The fraction of sp³-hybridized carbons (Fsp3) is 0.811. The highest BCUT2D eigenvalue weighted by Crippen LogP contribution is 2.17. The summed E-state index contributed by atoms with van der Waals surface area (Å²) in [6.07, 6.45) is 55.9. The lowest BCUT2D eigenvalue weighted by Gasteiger charge is -2.24. The van der Waals surface area contributed by atoms with E-state index in [-0.39, 0.29) is 24.9 Å². The van der Waals surface area contributed by atoms with Gasteiger partial charge in [-0.3, -0.25) is 9.59 Å². The van der Waals surface area contributed by atoms with E-state index in [1.54, 1.807) is 0 Å². The molecule has 3 unspecified atom stereocenters. The number of aliphatic hydroxyl groups excluding tert-OH is 2. The first-order valence-electron chi connectivity index (χ1n) is 25.4. The van der Waals surface area contributed by atoms with E-state index >= 15 is 0 Å². The van der Waals surface area contributed by atoms with Gasteiger partial charge in [-0.2, -0.15) is 0 Å². The molecule has 0 saturated carbocycles. The third-order valence-corrected chi connectivity index (χ3v) is 11.4. The van der Waals surface area contributed by atoms with Gasteiger partial charge in [0.1, 0.15) is 6.10 Å². The van der Waals surface area contributed by atoms with Crippen LogP contribution < -0.4 is 5.32 Å². The summed E-state index contributed by atoms with van der Waals surface area (Å²) in [4.78, 5) is 26.1. The molecule has 6 heteroatoms. The van der Waals surface area contributed by atoms with Crippen molar-refractivity contribution in [2.75, 3.05) is 6.61 Å². The molecule has 0 bridgehead atoms. The molecular formula is C53H97NO5. The van der Waals surface area contributed by atoms with Crippen molar-refractivity contribution in [3.05, 3.63) is 48.6 Å². The molecule has 1 amide bonds. The maximum atomic E-state index is 13.2. The van der Waals surface area contributed by atoms with Crippen molar-refractivity contribution in [2.24, 2.45) is 0 Å². The maximum absolute atomic E-state index is 13.2. The smallest absolute Gasteiger partial charge is 0.306 e. The molecular weight excluding hydrogens is 731 g/mol. The van der Waals surface area contributed by atoms with Crippen LogP contribution in [-0.4, -0.2) is 46.9 Å². The molecule has 0 rings (SSSR count). The van der Waals surface area contributed by atoms with Crippen molar-refractivity contribution in [3.8, 4) is 0 Å². The van der Waals surface area contributed by atoms with Crippen LogP contribution in [0.2, 0.25) is 0 Å². The van der Waals surface area contributed by atoms with Gasteiger partial charge in [0.25, 0.3) is 0 Å². The molecule has 6 nitrogen and oxygen atoms in total. The van der Waals surface area contributed by atoms with Crippen molar-refractivity contribution < 1.29 is 24.5 Å². The van der Waals surface area contributed by atoms with Gasteiger partial charge in [0.05, 0.1) is 25.2 Å². The maximum Gasteiger partial charge on any atom is 0.306 e. The first kappa shape index (κ1) is 56.8. The molecule has 0 fully saturated rings. The van der Waals surface area contributed by atoms with E-state index in [1.165, 1.54) is 128 Å². The van der Waals surface area contributed by atoms with Gasteiger partial charge in [-0.05, 0) is 70.6 Å². The topological polar surface area (TPSA) is 95.9 Å². The first-order valence-corrected chi connectivity index (χ1v) is 25.4. The van der Waals surface area contributed by atoms with Crippen LogP contribution in [0.3, 0.4) is 0 Å². The number of amides is 1. The van der Waals surface area contributed by atoms with Gasteiger partial charge in [-0.25, -0.2) is 0 Å². The van der Waals surface area contributed by atoms with Gasteiger partial charge >= 0.3 is 5.97 Å². The minimum absolute atomic E-state index is 0.0520. The Hall–Kier alpha value is -2.18. The molecule has 0 aromatic heterocycles. The van der Waals surface area contributed by atoms with Crippen molar-refractivity contribution in [1.29, 1.82) is 0 Å². The van der Waals surface area contributed by atoms with Gasteiger partial charge in [-0.15, -0.1) is 0 Å². The summed E-state index contributed by atoms with van der Waals surface area (Å²) in [6.45, 7) is 6.42. The summed E-state index contributed by atoms with van der Waals surface area (Å²) in [5.41, 5.74) is 0. The van der Waals surface area contributed by atoms with Crippen LogP contribution in [0.25, 0.3) is 0 Å². The molecule has 59 heavy (non-hydrogen) atoms. The van der Waals surface area contributed by atoms with Crippen molar-refractivity contribution in [3.63, 3.8) is 0 Å². The van der Waals surface area contributed by atoms with Crippen LogP contribution in [-0.2, 0) is 14.3 Å². The third-order valence-electron chi connectivity index (χ3n) is 11.4. The van der Waals surface area contributed by atoms with E-state index in [1.807, 2.05) is 0 Å². The average molecular weight is 828 g/mol. The fourth-order valence-corrected chi connectivity index (χ4v) is 7.53. The number of aliphatic hydroxyl groups is 2. The van der Waals surface area contributed by atoms with E-state index in [4.69, 9.17) is 4.74 Å². The number of allylic oxidation sites excluding steroid dienone is 8. The largest absolute Gasteiger partial charge is 0.462 e. The van der Waals surface area contributed by atoms with E-state index in [9.17, 15) is 19.8 Å². The lowest BCUT2D eigenvalue weighted by atomic mass is 10.0. The Morgan fingerprint density at radius 3 is 1.41 bits per heavy atom. The van der Waals surface area contributed by atoms with Crippen LogP contribution >= 0.6 is 0 Å². The Morgan fingerprint density at radius 1 is 0.492 bits per heavy atom. The van der Waals surface area contributed by atoms with Gasteiger partial charge in [0.2, 0.25) is 5.91 Å². The van der Waals surface area contributed by atoms with E-state index < -0.39 is 18.2 Å². The molecule has 3 N–H and O–H groups in total. The van der Waals surface area contributed by atoms with Gasteiger partial charge in [0, 0.05) is 6.42 Å². The molecule has 0 aliphatic rings. The van der Waals surface area contributed by atoms with Gasteiger partial charge < -0.3 is 20.3 Å². The number of nitrogens with one attached hydrogen (secondary N) is 1. The monoisotopic (exact) mass is 828 g/mol. The molecule has 0 aromatic rings. The zero-order valence-electron chi connectivity index (χ0n) is 39.1. The van der Waals surface area contributed by atoms with Crippen LogP contribution in [0.1, 0.15) is 252 Å². The number of carbonyl (C=O) groups excluding carboxylic acids is 2. The van der Waals surface area contributed by atoms with E-state index in [0.29, 0.717) is 19.3 Å². The second-order valence-electron chi connectivity index (χ2n) is 17.3. The lowest BCUT2D eigenvalue weighted by molar-refractivity contribution is -0.151. The predicted molar refractivity (Wildman–Crippen MR) is 255 cm³/mol. The van der Waals surface area contributed by atoms with Crippen molar-refractivity contribution in [1.82, 2.24) is 5.32 Å². The molecule has 0 aromatic carbocycles. The number of esters is 1. The summed E-state index contributed by atoms with van der Waals surface area (Å²) in [7, 11) is 0. The standard InChI is InChI=1S/C53H97NO5/c1-4-7-10-13-16-19-22-24-25-26-28-30-32-35-38-41-44-49(59-53(58)46-43-40-37-34-29-21-18-15-12-9-6-3)47-52(57)54-50(48-55)51(56)45-42-39-36-33-31-27-23-20-17-14-11-8-5-2/h15,18,22,24-26,28,30,49-51,55-56H,4-14,16-17,19-21,23,27,29,31-48H2,1-3H3,(H,54,57)/b18-15-,24-22+,26-25+,30-28+. The Kier molecular flexibility index (Phi) is 45.1. The molecule has 0 saturated heterocycles. The highest BCUT2D eigenvalue weighted by atomic mass is 16.5. The Morgan fingerprint density at radius 2 is 0.898 bits per heavy atom. The van der Waals surface area contributed by atoms with Crippen LogP contribution in [0.5, 0.6) is 0 Å². The summed E-state index contributed by atoms with van der Waals surface area (Å²) in [6, 6.07) is -0.713. The Bertz CT molecular complexity index is 1020. The fourth-order valence-electron chi connectivity index (χ4n) is 7.53. The highest BCUT2D eigenvalue weighted by Gasteiger charge is 2.24. The summed E-state index contributed by atoms with van der Waals surface area (Å²) >= 11 is 0. The summed E-state index contributed by atoms with van der Waals surface area (Å²) < 4.78 is 5.90. The minimum atomic E-state index is -0.797. The molecule has 0 heterocycles. The molecule has 0 aliphatic heterocycles. The minimum Gasteiger partial charge on any atom is -0.462 e. The van der Waals surface area contributed by atoms with E-state index in [0.717, 1.165) is 77.0 Å². The molecule has 344 valence electrons. The number of carbonyl (C=O) groups is 2. The van der Waals surface area contributed by atoms with Crippen molar-refractivity contribution in [2.45, 2.75) is 270 Å². The molecule has 3 atom stereocenters. The SMILES string of the molecule is CCCC/C=C\CCCCCCCC(=O)OC(CCCCC/C=C/C=C/C=C/CCCCCCC)CC(=O)NC(CO)C(O)CCCCCCCCCCCCCCC. The normalized spacial score (nSPS) is 13.6. The van der Waals surface area contributed by atoms with Crippen LogP contribution in [0.4, 0.5) is 0 Å². The number of hydrogen-bond donors (Lipinski definition) is 3. The summed E-state index contributed by atoms with van der Waals surface area (Å²) in [5, 5.41) is 23.7. The highest BCUT2D eigenvalue weighted by molar-refractivity contribution is 5.77. The molecule has 0 aliphatic carbocycles. The summed E-state index contributed by atoms with van der Waals surface area (Å²) in [5.74, 6) is -0.515. The third kappa shape index (κ3) is 42.3. The number of ether oxygens (including phenoxy) is 1. The van der Waals surface area contributed by atoms with E-state index in [2.05, 4.69) is 74.7 Å².